The average molecular weight is 239 g/mol. The van der Waals surface area contributed by atoms with E-state index in [4.69, 9.17) is 15.2 Å². The number of nitrogen functional groups attached to an aromatic ring is 1. The van der Waals surface area contributed by atoms with E-state index in [1.807, 2.05) is 0 Å². The molecule has 6 heteroatoms. The number of rotatable bonds is 4. The molecule has 2 N–H and O–H groups in total. The van der Waals surface area contributed by atoms with Gasteiger partial charge in [0.1, 0.15) is 5.75 Å². The summed E-state index contributed by atoms with van der Waals surface area (Å²) in [5, 5.41) is 0. The highest BCUT2D eigenvalue weighted by Crippen LogP contribution is 2.20. The van der Waals surface area contributed by atoms with Gasteiger partial charge in [-0.15, -0.1) is 0 Å². The summed E-state index contributed by atoms with van der Waals surface area (Å²) < 4.78 is 14.0. The van der Waals surface area contributed by atoms with Gasteiger partial charge in [-0.1, -0.05) is 0 Å². The second-order valence-electron chi connectivity index (χ2n) is 3.11. The molecule has 0 atom stereocenters. The van der Waals surface area contributed by atoms with Gasteiger partial charge in [-0.05, 0) is 18.2 Å². The summed E-state index contributed by atoms with van der Waals surface area (Å²) in [5.41, 5.74) is 6.01. The monoisotopic (exact) mass is 239 g/mol. The molecule has 0 heterocycles. The van der Waals surface area contributed by atoms with Crippen LogP contribution in [0.1, 0.15) is 10.4 Å². The van der Waals surface area contributed by atoms with Crippen LogP contribution in [-0.4, -0.2) is 32.8 Å². The zero-order valence-electron chi connectivity index (χ0n) is 9.56. The highest BCUT2D eigenvalue weighted by Gasteiger charge is 2.14. The van der Waals surface area contributed by atoms with E-state index >= 15 is 0 Å². The van der Waals surface area contributed by atoms with Crippen LogP contribution in [0.15, 0.2) is 18.2 Å². The topological polar surface area (TPSA) is 87.8 Å². The Morgan fingerprint density at radius 1 is 1.29 bits per heavy atom. The number of hydrogen-bond donors (Lipinski definition) is 1. The lowest BCUT2D eigenvalue weighted by atomic mass is 10.2. The maximum atomic E-state index is 11.6. The SMILES string of the molecule is COC(=O)COC(=O)c1cc(OC)ccc1N. The zero-order chi connectivity index (χ0) is 12.8. The van der Waals surface area contributed by atoms with Gasteiger partial charge in [0.25, 0.3) is 0 Å². The molecular formula is C11H13NO5. The van der Waals surface area contributed by atoms with Crippen molar-refractivity contribution in [1.29, 1.82) is 0 Å². The number of hydrogen-bond acceptors (Lipinski definition) is 6. The fraction of sp³-hybridized carbons (Fsp3) is 0.273. The summed E-state index contributed by atoms with van der Waals surface area (Å²) in [6, 6.07) is 4.58. The minimum absolute atomic E-state index is 0.147. The van der Waals surface area contributed by atoms with Crippen molar-refractivity contribution >= 4 is 17.6 Å². The second-order valence-corrected chi connectivity index (χ2v) is 3.11. The van der Waals surface area contributed by atoms with Crippen LogP contribution >= 0.6 is 0 Å². The van der Waals surface area contributed by atoms with Crippen molar-refractivity contribution in [3.63, 3.8) is 0 Å². The summed E-state index contributed by atoms with van der Waals surface area (Å²) in [6.45, 7) is -0.452. The first-order valence-corrected chi connectivity index (χ1v) is 4.76. The molecule has 1 rings (SSSR count). The molecule has 1 aromatic rings. The van der Waals surface area contributed by atoms with Crippen LogP contribution < -0.4 is 10.5 Å². The summed E-state index contributed by atoms with van der Waals surface area (Å²) >= 11 is 0. The average Bonchev–Trinajstić information content (AvgIpc) is 2.36. The summed E-state index contributed by atoms with van der Waals surface area (Å²) in [5.74, 6) is -0.865. The van der Waals surface area contributed by atoms with Crippen LogP contribution in [0.4, 0.5) is 5.69 Å². The smallest absolute Gasteiger partial charge is 0.344 e. The summed E-state index contributed by atoms with van der Waals surface area (Å²) in [6.07, 6.45) is 0. The Bertz CT molecular complexity index is 430. The van der Waals surface area contributed by atoms with Crippen molar-refractivity contribution < 1.29 is 23.8 Å². The van der Waals surface area contributed by atoms with Gasteiger partial charge < -0.3 is 19.9 Å². The quantitative estimate of drug-likeness (QED) is 0.611. The predicted octanol–water partition coefficient (Wildman–Crippen LogP) is 0.607. The predicted molar refractivity (Wildman–Crippen MR) is 59.7 cm³/mol. The number of carbonyl (C=O) groups excluding carboxylic acids is 2. The normalized spacial score (nSPS) is 9.53. The molecule has 0 fully saturated rings. The Morgan fingerprint density at radius 3 is 2.59 bits per heavy atom. The standard InChI is InChI=1S/C11H13NO5/c1-15-7-3-4-9(12)8(5-7)11(14)17-6-10(13)16-2/h3-5H,6,12H2,1-2H3. The van der Waals surface area contributed by atoms with Crippen LogP contribution in [0, 0.1) is 0 Å². The maximum Gasteiger partial charge on any atom is 0.344 e. The third kappa shape index (κ3) is 3.37. The highest BCUT2D eigenvalue weighted by atomic mass is 16.6. The number of carbonyl (C=O) groups is 2. The molecule has 0 aliphatic heterocycles. The van der Waals surface area contributed by atoms with Gasteiger partial charge in [-0.25, -0.2) is 9.59 Å². The van der Waals surface area contributed by atoms with Crippen molar-refractivity contribution in [3.8, 4) is 5.75 Å². The molecule has 92 valence electrons. The van der Waals surface area contributed by atoms with Gasteiger partial charge >= 0.3 is 11.9 Å². The molecule has 0 bridgehead atoms. The summed E-state index contributed by atoms with van der Waals surface area (Å²) in [4.78, 5) is 22.4. The Balaban J connectivity index is 2.77. The fourth-order valence-electron chi connectivity index (χ4n) is 1.10. The molecule has 0 saturated carbocycles. The molecule has 17 heavy (non-hydrogen) atoms. The zero-order valence-corrected chi connectivity index (χ0v) is 9.56. The number of ether oxygens (including phenoxy) is 3. The molecule has 0 saturated heterocycles. The lowest BCUT2D eigenvalue weighted by Gasteiger charge is -2.07. The van der Waals surface area contributed by atoms with E-state index < -0.39 is 18.5 Å². The van der Waals surface area contributed by atoms with Gasteiger partial charge in [-0.3, -0.25) is 0 Å². The first kappa shape index (κ1) is 12.8. The fourth-order valence-corrected chi connectivity index (χ4v) is 1.10. The molecule has 0 aliphatic carbocycles. The van der Waals surface area contributed by atoms with Gasteiger partial charge in [0.05, 0.1) is 19.8 Å². The minimum Gasteiger partial charge on any atom is -0.497 e. The molecule has 0 amide bonds. The van der Waals surface area contributed by atoms with E-state index in [2.05, 4.69) is 4.74 Å². The lowest BCUT2D eigenvalue weighted by molar-refractivity contribution is -0.144. The van der Waals surface area contributed by atoms with Crippen molar-refractivity contribution in [3.05, 3.63) is 23.8 Å². The molecule has 0 aliphatic rings. The van der Waals surface area contributed by atoms with Gasteiger partial charge in [-0.2, -0.15) is 0 Å². The van der Waals surface area contributed by atoms with E-state index in [1.54, 1.807) is 6.07 Å². The van der Waals surface area contributed by atoms with Crippen molar-refractivity contribution in [2.24, 2.45) is 0 Å². The van der Waals surface area contributed by atoms with E-state index in [-0.39, 0.29) is 11.3 Å². The van der Waals surface area contributed by atoms with Gasteiger partial charge in [0.15, 0.2) is 6.61 Å². The first-order valence-electron chi connectivity index (χ1n) is 4.76. The van der Waals surface area contributed by atoms with Crippen LogP contribution in [-0.2, 0) is 14.3 Å². The Morgan fingerprint density at radius 2 is 2.00 bits per heavy atom. The molecule has 0 radical (unpaired) electrons. The van der Waals surface area contributed by atoms with E-state index in [0.717, 1.165) is 0 Å². The third-order valence-electron chi connectivity index (χ3n) is 2.03. The van der Waals surface area contributed by atoms with E-state index in [1.165, 1.54) is 26.4 Å². The van der Waals surface area contributed by atoms with E-state index in [0.29, 0.717) is 5.75 Å². The first-order chi connectivity index (χ1) is 8.08. The summed E-state index contributed by atoms with van der Waals surface area (Å²) in [7, 11) is 2.67. The maximum absolute atomic E-state index is 11.6. The highest BCUT2D eigenvalue weighted by molar-refractivity contribution is 5.96. The lowest BCUT2D eigenvalue weighted by Crippen LogP contribution is -2.16. The Hall–Kier alpha value is -2.24. The van der Waals surface area contributed by atoms with Gasteiger partial charge in [0.2, 0.25) is 0 Å². The second kappa shape index (κ2) is 5.74. The van der Waals surface area contributed by atoms with Crippen LogP contribution in [0.3, 0.4) is 0 Å². The molecule has 6 nitrogen and oxygen atoms in total. The van der Waals surface area contributed by atoms with Crippen molar-refractivity contribution in [2.75, 3.05) is 26.6 Å². The minimum atomic E-state index is -0.702. The molecule has 0 aromatic heterocycles. The Labute approximate surface area is 98.3 Å². The number of anilines is 1. The largest absolute Gasteiger partial charge is 0.497 e. The van der Waals surface area contributed by atoms with Crippen LogP contribution in [0.5, 0.6) is 5.75 Å². The number of benzene rings is 1. The van der Waals surface area contributed by atoms with Crippen molar-refractivity contribution in [2.45, 2.75) is 0 Å². The van der Waals surface area contributed by atoms with Gasteiger partial charge in [0, 0.05) is 5.69 Å². The van der Waals surface area contributed by atoms with E-state index in [9.17, 15) is 9.59 Å². The Kier molecular flexibility index (Phi) is 4.33. The molecule has 0 unspecified atom stereocenters. The van der Waals surface area contributed by atoms with Crippen LogP contribution in [0.25, 0.3) is 0 Å². The molecule has 1 aromatic carbocycles. The van der Waals surface area contributed by atoms with Crippen LogP contribution in [0.2, 0.25) is 0 Å². The number of methoxy groups -OCH3 is 2. The molecular weight excluding hydrogens is 226 g/mol. The third-order valence-corrected chi connectivity index (χ3v) is 2.03. The van der Waals surface area contributed by atoms with Crippen molar-refractivity contribution in [1.82, 2.24) is 0 Å². The molecule has 0 spiro atoms. The number of nitrogens with two attached hydrogens (primary N) is 1. The number of esters is 2.